The van der Waals surface area contributed by atoms with Gasteiger partial charge in [-0.3, -0.25) is 0 Å². The van der Waals surface area contributed by atoms with Crippen molar-refractivity contribution in [3.8, 4) is 0 Å². The summed E-state index contributed by atoms with van der Waals surface area (Å²) in [5.74, 6) is 4.74. The summed E-state index contributed by atoms with van der Waals surface area (Å²) in [4.78, 5) is 8.29. The molecular formula is C13H16ClN3. The number of anilines is 1. The highest BCUT2D eigenvalue weighted by Crippen LogP contribution is 2.66. The zero-order valence-electron chi connectivity index (χ0n) is 9.86. The van der Waals surface area contributed by atoms with E-state index in [2.05, 4.69) is 15.3 Å². The Morgan fingerprint density at radius 3 is 2.71 bits per heavy atom. The lowest BCUT2D eigenvalue weighted by atomic mass is 10.0. The number of fused-ring (bicyclic) bond motifs is 5. The fraction of sp³-hybridized carbons (Fsp3) is 0.692. The van der Waals surface area contributed by atoms with E-state index in [9.17, 15) is 0 Å². The normalized spacial score (nSPS) is 41.4. The first kappa shape index (κ1) is 10.1. The van der Waals surface area contributed by atoms with E-state index in [-0.39, 0.29) is 0 Å². The molecule has 1 aromatic rings. The van der Waals surface area contributed by atoms with Gasteiger partial charge in [0.05, 0.1) is 0 Å². The van der Waals surface area contributed by atoms with Gasteiger partial charge < -0.3 is 5.32 Å². The van der Waals surface area contributed by atoms with E-state index in [1.54, 1.807) is 6.20 Å². The van der Waals surface area contributed by atoms with Gasteiger partial charge in [0.1, 0.15) is 5.82 Å². The van der Waals surface area contributed by atoms with Crippen LogP contribution in [0.5, 0.6) is 0 Å². The molecule has 0 radical (unpaired) electrons. The van der Waals surface area contributed by atoms with Gasteiger partial charge in [0.2, 0.25) is 5.28 Å². The van der Waals surface area contributed by atoms with Crippen molar-refractivity contribution < 1.29 is 0 Å². The summed E-state index contributed by atoms with van der Waals surface area (Å²) in [6, 6.07) is 0.658. The smallest absolute Gasteiger partial charge is 0.224 e. The molecule has 4 unspecified atom stereocenters. The fourth-order valence-electron chi connectivity index (χ4n) is 4.24. The van der Waals surface area contributed by atoms with Crippen LogP contribution in [0.4, 0.5) is 5.82 Å². The van der Waals surface area contributed by atoms with Crippen molar-refractivity contribution in [3.63, 3.8) is 0 Å². The SMILES string of the molecule is Cc1cnc(Cl)nc1NC1C2C3CCC(C3)C12. The van der Waals surface area contributed by atoms with Crippen molar-refractivity contribution in [2.24, 2.45) is 23.7 Å². The van der Waals surface area contributed by atoms with Crippen molar-refractivity contribution in [1.82, 2.24) is 9.97 Å². The van der Waals surface area contributed by atoms with E-state index < -0.39 is 0 Å². The molecule has 4 heteroatoms. The van der Waals surface area contributed by atoms with E-state index in [0.29, 0.717) is 11.3 Å². The maximum absolute atomic E-state index is 5.85. The van der Waals surface area contributed by atoms with Gasteiger partial charge in [0.15, 0.2) is 0 Å². The minimum Gasteiger partial charge on any atom is -0.366 e. The Hall–Kier alpha value is -0.830. The van der Waals surface area contributed by atoms with Crippen LogP contribution in [0.2, 0.25) is 5.28 Å². The number of nitrogens with one attached hydrogen (secondary N) is 1. The second-order valence-electron chi connectivity index (χ2n) is 5.83. The van der Waals surface area contributed by atoms with Gasteiger partial charge in [-0.25, -0.2) is 9.97 Å². The number of hydrogen-bond donors (Lipinski definition) is 1. The predicted molar refractivity (Wildman–Crippen MR) is 67.0 cm³/mol. The van der Waals surface area contributed by atoms with Gasteiger partial charge in [0, 0.05) is 17.8 Å². The van der Waals surface area contributed by atoms with Gasteiger partial charge in [-0.15, -0.1) is 0 Å². The first-order chi connectivity index (χ1) is 8.24. The summed E-state index contributed by atoms with van der Waals surface area (Å²) in [7, 11) is 0. The maximum Gasteiger partial charge on any atom is 0.224 e. The average molecular weight is 250 g/mol. The third kappa shape index (κ3) is 1.41. The lowest BCUT2D eigenvalue weighted by Crippen LogP contribution is -2.14. The van der Waals surface area contributed by atoms with Crippen molar-refractivity contribution in [1.29, 1.82) is 0 Å². The molecule has 3 saturated carbocycles. The van der Waals surface area contributed by atoms with Crippen molar-refractivity contribution >= 4 is 17.4 Å². The molecule has 0 amide bonds. The van der Waals surface area contributed by atoms with E-state index in [4.69, 9.17) is 11.6 Å². The topological polar surface area (TPSA) is 37.8 Å². The third-order valence-electron chi connectivity index (χ3n) is 4.98. The van der Waals surface area contributed by atoms with Gasteiger partial charge in [-0.05, 0) is 61.5 Å². The molecule has 4 rings (SSSR count). The molecule has 3 aliphatic carbocycles. The van der Waals surface area contributed by atoms with Gasteiger partial charge >= 0.3 is 0 Å². The molecule has 17 heavy (non-hydrogen) atoms. The largest absolute Gasteiger partial charge is 0.366 e. The number of aromatic nitrogens is 2. The lowest BCUT2D eigenvalue weighted by Gasteiger charge is -2.12. The van der Waals surface area contributed by atoms with Gasteiger partial charge in [-0.2, -0.15) is 0 Å². The van der Waals surface area contributed by atoms with Crippen molar-refractivity contribution in [2.45, 2.75) is 32.2 Å². The quantitative estimate of drug-likeness (QED) is 0.819. The summed E-state index contributed by atoms with van der Waals surface area (Å²) in [5, 5.41) is 3.93. The second kappa shape index (κ2) is 3.35. The molecule has 1 heterocycles. The monoisotopic (exact) mass is 249 g/mol. The highest BCUT2D eigenvalue weighted by atomic mass is 35.5. The molecule has 0 aliphatic heterocycles. The summed E-state index contributed by atoms with van der Waals surface area (Å²) in [5.41, 5.74) is 1.09. The second-order valence-corrected chi connectivity index (χ2v) is 6.17. The number of aryl methyl sites for hydroxylation is 1. The van der Waals surface area contributed by atoms with Crippen LogP contribution in [0, 0.1) is 30.6 Å². The van der Waals surface area contributed by atoms with Crippen LogP contribution in [-0.2, 0) is 0 Å². The maximum atomic E-state index is 5.85. The van der Waals surface area contributed by atoms with E-state index >= 15 is 0 Å². The van der Waals surface area contributed by atoms with E-state index in [0.717, 1.165) is 35.1 Å². The number of hydrogen-bond acceptors (Lipinski definition) is 3. The fourth-order valence-corrected chi connectivity index (χ4v) is 4.38. The van der Waals surface area contributed by atoms with E-state index in [1.165, 1.54) is 19.3 Å². The number of halogens is 1. The van der Waals surface area contributed by atoms with Crippen LogP contribution in [-0.4, -0.2) is 16.0 Å². The van der Waals surface area contributed by atoms with Crippen LogP contribution >= 0.6 is 11.6 Å². The molecule has 1 aromatic heterocycles. The average Bonchev–Trinajstić information content (AvgIpc) is 2.72. The third-order valence-corrected chi connectivity index (χ3v) is 5.16. The Balaban J connectivity index is 1.54. The first-order valence-corrected chi connectivity index (χ1v) is 6.87. The van der Waals surface area contributed by atoms with Crippen LogP contribution < -0.4 is 5.32 Å². The zero-order valence-corrected chi connectivity index (χ0v) is 10.6. The van der Waals surface area contributed by atoms with Crippen molar-refractivity contribution in [2.75, 3.05) is 5.32 Å². The van der Waals surface area contributed by atoms with Crippen molar-refractivity contribution in [3.05, 3.63) is 17.0 Å². The van der Waals surface area contributed by atoms with Crippen LogP contribution in [0.15, 0.2) is 6.20 Å². The summed E-state index contributed by atoms with van der Waals surface area (Å²) < 4.78 is 0. The molecule has 4 atom stereocenters. The molecule has 0 saturated heterocycles. The zero-order chi connectivity index (χ0) is 11.6. The Bertz CT molecular complexity index is 460. The van der Waals surface area contributed by atoms with Crippen LogP contribution in [0.1, 0.15) is 24.8 Å². The Morgan fingerprint density at radius 1 is 1.29 bits per heavy atom. The van der Waals surface area contributed by atoms with E-state index in [1.807, 2.05) is 6.92 Å². The molecule has 1 N–H and O–H groups in total. The number of nitrogens with zero attached hydrogens (tertiary/aromatic N) is 2. The molecule has 0 aromatic carbocycles. The lowest BCUT2D eigenvalue weighted by molar-refractivity contribution is 0.456. The Morgan fingerprint density at radius 2 is 2.00 bits per heavy atom. The predicted octanol–water partition coefficient (Wildman–Crippen LogP) is 2.89. The number of rotatable bonds is 2. The standard InChI is InChI=1S/C13H16ClN3/c1-6-5-15-13(14)17-12(6)16-11-9-7-2-3-8(4-7)10(9)11/h5,7-11H,2-4H2,1H3,(H,15,16,17). The Labute approximate surface area is 106 Å². The highest BCUT2D eigenvalue weighted by molar-refractivity contribution is 6.28. The summed E-state index contributed by atoms with van der Waals surface area (Å²) >= 11 is 5.85. The molecule has 3 nitrogen and oxygen atoms in total. The summed E-state index contributed by atoms with van der Waals surface area (Å²) in [6.07, 6.45) is 6.18. The van der Waals surface area contributed by atoms with Crippen LogP contribution in [0.3, 0.4) is 0 Å². The van der Waals surface area contributed by atoms with Crippen LogP contribution in [0.25, 0.3) is 0 Å². The molecule has 3 fully saturated rings. The molecule has 0 spiro atoms. The molecular weight excluding hydrogens is 234 g/mol. The molecule has 3 aliphatic rings. The minimum absolute atomic E-state index is 0.340. The highest BCUT2D eigenvalue weighted by Gasteiger charge is 2.65. The van der Waals surface area contributed by atoms with Gasteiger partial charge in [-0.1, -0.05) is 0 Å². The molecule has 2 bridgehead atoms. The minimum atomic E-state index is 0.340. The molecule has 90 valence electrons. The summed E-state index contributed by atoms with van der Waals surface area (Å²) in [6.45, 7) is 2.03. The Kier molecular flexibility index (Phi) is 1.99. The van der Waals surface area contributed by atoms with Gasteiger partial charge in [0.25, 0.3) is 0 Å². The first-order valence-electron chi connectivity index (χ1n) is 6.50.